The first-order chi connectivity index (χ1) is 10.5. The summed E-state index contributed by atoms with van der Waals surface area (Å²) in [5.41, 5.74) is 1.79. The third kappa shape index (κ3) is 4.73. The number of quaternary nitrogens is 1. The maximum absolute atomic E-state index is 12.3. The molecule has 3 nitrogen and oxygen atoms in total. The van der Waals surface area contributed by atoms with Crippen LogP contribution in [0.2, 0.25) is 10.0 Å². The van der Waals surface area contributed by atoms with Crippen LogP contribution in [0.4, 0.5) is 5.69 Å². The van der Waals surface area contributed by atoms with Gasteiger partial charge in [-0.3, -0.25) is 4.79 Å². The number of nitrogens with one attached hydrogen (secondary N) is 1. The summed E-state index contributed by atoms with van der Waals surface area (Å²) in [5.74, 6) is -0.0823. The van der Waals surface area contributed by atoms with Crippen LogP contribution in [-0.4, -0.2) is 11.9 Å². The molecule has 1 amide bonds. The number of carbonyl (C=O) groups is 1. The van der Waals surface area contributed by atoms with Gasteiger partial charge in [-0.1, -0.05) is 53.5 Å². The number of carbonyl (C=O) groups excluding carboxylic acids is 1. The maximum Gasteiger partial charge on any atom is 0.282 e. The number of anilines is 1. The molecule has 22 heavy (non-hydrogen) atoms. The summed E-state index contributed by atoms with van der Waals surface area (Å²) in [6.45, 7) is 3.95. The Labute approximate surface area is 140 Å². The van der Waals surface area contributed by atoms with Crippen molar-refractivity contribution >= 4 is 34.8 Å². The van der Waals surface area contributed by atoms with E-state index in [0.29, 0.717) is 15.7 Å². The van der Waals surface area contributed by atoms with E-state index in [4.69, 9.17) is 23.2 Å². The highest BCUT2D eigenvalue weighted by molar-refractivity contribution is 6.35. The van der Waals surface area contributed by atoms with E-state index in [-0.39, 0.29) is 18.0 Å². The van der Waals surface area contributed by atoms with Crippen LogP contribution in [0.15, 0.2) is 48.5 Å². The maximum atomic E-state index is 12.3. The Hall–Kier alpha value is -1.55. The van der Waals surface area contributed by atoms with Crippen molar-refractivity contribution in [3.63, 3.8) is 0 Å². The number of nitrogens with two attached hydrogens (primary N) is 1. The first-order valence-electron chi connectivity index (χ1n) is 7.12. The van der Waals surface area contributed by atoms with E-state index in [2.05, 4.69) is 24.4 Å². The van der Waals surface area contributed by atoms with Crippen LogP contribution in [0.25, 0.3) is 0 Å². The standard InChI is InChI=1S/C17H18Cl2N2O/c1-11(13-6-4-3-5-7-13)20-12(2)17(22)21-16-9-14(18)8-15(19)10-16/h3-12,20H,1-2H3,(H,21,22)/p+1/t11-,12-/m1/s1. The van der Waals surface area contributed by atoms with Gasteiger partial charge in [-0.05, 0) is 32.0 Å². The lowest BCUT2D eigenvalue weighted by molar-refractivity contribution is -0.709. The van der Waals surface area contributed by atoms with Gasteiger partial charge in [-0.25, -0.2) is 0 Å². The van der Waals surface area contributed by atoms with Crippen molar-refractivity contribution in [2.75, 3.05) is 5.32 Å². The molecule has 2 rings (SSSR count). The Morgan fingerprint density at radius 2 is 1.64 bits per heavy atom. The van der Waals surface area contributed by atoms with Crippen molar-refractivity contribution in [2.24, 2.45) is 0 Å². The lowest BCUT2D eigenvalue weighted by atomic mass is 10.1. The van der Waals surface area contributed by atoms with Crippen molar-refractivity contribution < 1.29 is 10.1 Å². The zero-order valence-electron chi connectivity index (χ0n) is 12.5. The fourth-order valence-corrected chi connectivity index (χ4v) is 2.80. The Bertz CT molecular complexity index is 626. The summed E-state index contributed by atoms with van der Waals surface area (Å²) >= 11 is 11.9. The minimum Gasteiger partial charge on any atom is -0.330 e. The fourth-order valence-electron chi connectivity index (χ4n) is 2.27. The molecular formula is C17H19Cl2N2O+. The van der Waals surface area contributed by atoms with Gasteiger partial charge in [0.2, 0.25) is 0 Å². The highest BCUT2D eigenvalue weighted by Gasteiger charge is 2.20. The molecule has 0 aliphatic carbocycles. The van der Waals surface area contributed by atoms with Crippen LogP contribution in [0.1, 0.15) is 25.5 Å². The second kappa shape index (κ2) is 7.63. The molecule has 2 aromatic carbocycles. The van der Waals surface area contributed by atoms with Crippen LogP contribution in [0, 0.1) is 0 Å². The molecule has 0 aliphatic heterocycles. The molecule has 0 bridgehead atoms. The van der Waals surface area contributed by atoms with Crippen molar-refractivity contribution in [1.29, 1.82) is 0 Å². The van der Waals surface area contributed by atoms with E-state index in [0.717, 1.165) is 0 Å². The summed E-state index contributed by atoms with van der Waals surface area (Å²) in [4.78, 5) is 12.3. The molecule has 3 N–H and O–H groups in total. The Morgan fingerprint density at radius 1 is 1.05 bits per heavy atom. The van der Waals surface area contributed by atoms with E-state index in [1.54, 1.807) is 18.2 Å². The number of halogens is 2. The normalized spacial score (nSPS) is 13.5. The van der Waals surface area contributed by atoms with Gasteiger partial charge < -0.3 is 10.6 Å². The molecule has 0 unspecified atom stereocenters. The molecule has 0 saturated carbocycles. The van der Waals surface area contributed by atoms with E-state index >= 15 is 0 Å². The van der Waals surface area contributed by atoms with Gasteiger partial charge in [0.1, 0.15) is 6.04 Å². The zero-order valence-corrected chi connectivity index (χ0v) is 14.0. The molecule has 0 radical (unpaired) electrons. The molecule has 116 valence electrons. The summed E-state index contributed by atoms with van der Waals surface area (Å²) in [5, 5.41) is 5.86. The molecule has 2 atom stereocenters. The van der Waals surface area contributed by atoms with Crippen molar-refractivity contribution in [2.45, 2.75) is 25.9 Å². The molecule has 0 heterocycles. The highest BCUT2D eigenvalue weighted by Crippen LogP contribution is 2.22. The lowest BCUT2D eigenvalue weighted by Gasteiger charge is -2.17. The monoisotopic (exact) mass is 337 g/mol. The molecular weight excluding hydrogens is 319 g/mol. The SMILES string of the molecule is C[C@@H]([NH2+][C@H](C)c1ccccc1)C(=O)Nc1cc(Cl)cc(Cl)c1. The molecule has 0 fully saturated rings. The molecule has 0 saturated heterocycles. The van der Waals surface area contributed by atoms with Crippen molar-refractivity contribution in [3.05, 3.63) is 64.1 Å². The summed E-state index contributed by atoms with van der Waals surface area (Å²) in [6.07, 6.45) is 0. The summed E-state index contributed by atoms with van der Waals surface area (Å²) in [7, 11) is 0. The zero-order chi connectivity index (χ0) is 16.1. The van der Waals surface area contributed by atoms with Crippen LogP contribution in [0.5, 0.6) is 0 Å². The van der Waals surface area contributed by atoms with Gasteiger partial charge >= 0.3 is 0 Å². The molecule has 0 spiro atoms. The average molecular weight is 338 g/mol. The first-order valence-corrected chi connectivity index (χ1v) is 7.88. The lowest BCUT2D eigenvalue weighted by Crippen LogP contribution is -2.91. The Morgan fingerprint density at radius 3 is 2.23 bits per heavy atom. The first kappa shape index (κ1) is 16.8. The minimum absolute atomic E-state index is 0.0823. The summed E-state index contributed by atoms with van der Waals surface area (Å²) < 4.78 is 0. The van der Waals surface area contributed by atoms with Gasteiger partial charge in [0.15, 0.2) is 6.04 Å². The second-order valence-corrected chi connectivity index (χ2v) is 6.20. The quantitative estimate of drug-likeness (QED) is 0.859. The predicted molar refractivity (Wildman–Crippen MR) is 91.3 cm³/mol. The van der Waals surface area contributed by atoms with Crippen LogP contribution in [0.3, 0.4) is 0 Å². The topological polar surface area (TPSA) is 45.7 Å². The van der Waals surface area contributed by atoms with Gasteiger partial charge in [-0.15, -0.1) is 0 Å². The third-order valence-electron chi connectivity index (χ3n) is 3.45. The van der Waals surface area contributed by atoms with Crippen molar-refractivity contribution in [1.82, 2.24) is 0 Å². The molecule has 2 aromatic rings. The van der Waals surface area contributed by atoms with Gasteiger partial charge in [-0.2, -0.15) is 0 Å². The van der Waals surface area contributed by atoms with Crippen molar-refractivity contribution in [3.8, 4) is 0 Å². The fraction of sp³-hybridized carbons (Fsp3) is 0.235. The van der Waals surface area contributed by atoms with Crippen LogP contribution < -0.4 is 10.6 Å². The summed E-state index contributed by atoms with van der Waals surface area (Å²) in [6, 6.07) is 15.1. The predicted octanol–water partition coefficient (Wildman–Crippen LogP) is 3.65. The minimum atomic E-state index is -0.229. The smallest absolute Gasteiger partial charge is 0.282 e. The number of rotatable bonds is 5. The average Bonchev–Trinajstić information content (AvgIpc) is 2.46. The van der Waals surface area contributed by atoms with Gasteiger partial charge in [0, 0.05) is 21.3 Å². The molecule has 5 heteroatoms. The Balaban J connectivity index is 1.97. The Kier molecular flexibility index (Phi) is 5.83. The third-order valence-corrected chi connectivity index (χ3v) is 3.88. The van der Waals surface area contributed by atoms with Gasteiger partial charge in [0.25, 0.3) is 5.91 Å². The largest absolute Gasteiger partial charge is 0.330 e. The van der Waals surface area contributed by atoms with E-state index in [1.807, 2.05) is 30.4 Å². The van der Waals surface area contributed by atoms with E-state index in [9.17, 15) is 4.79 Å². The van der Waals surface area contributed by atoms with Crippen LogP contribution in [-0.2, 0) is 4.79 Å². The number of hydrogen-bond donors (Lipinski definition) is 2. The van der Waals surface area contributed by atoms with E-state index in [1.165, 1.54) is 5.56 Å². The van der Waals surface area contributed by atoms with Gasteiger partial charge in [0.05, 0.1) is 0 Å². The second-order valence-electron chi connectivity index (χ2n) is 5.33. The number of benzene rings is 2. The number of hydrogen-bond acceptors (Lipinski definition) is 1. The van der Waals surface area contributed by atoms with E-state index < -0.39 is 0 Å². The number of amides is 1. The molecule has 0 aliphatic rings. The molecule has 0 aromatic heterocycles. The van der Waals surface area contributed by atoms with Crippen LogP contribution >= 0.6 is 23.2 Å². The highest BCUT2D eigenvalue weighted by atomic mass is 35.5.